The third-order valence-corrected chi connectivity index (χ3v) is 9.42. The molecule has 1 fully saturated rings. The molecule has 0 saturated heterocycles. The van der Waals surface area contributed by atoms with Crippen molar-refractivity contribution in [3.63, 3.8) is 0 Å². The molecule has 7 rings (SSSR count). The zero-order valence-corrected chi connectivity index (χ0v) is 28.5. The number of carbonyl (C=O) groups is 2. The van der Waals surface area contributed by atoms with Crippen molar-refractivity contribution < 1.29 is 36.3 Å². The molecule has 6 aromatic rings. The smallest absolute Gasteiger partial charge is 0.389 e. The third-order valence-electron chi connectivity index (χ3n) is 9.42. The predicted octanol–water partition coefficient (Wildman–Crippen LogP) is 8.55. The van der Waals surface area contributed by atoms with Gasteiger partial charge in [-0.15, -0.1) is 0 Å². The number of hydrogen-bond acceptors (Lipinski definition) is 6. The van der Waals surface area contributed by atoms with Gasteiger partial charge in [-0.3, -0.25) is 9.59 Å². The van der Waals surface area contributed by atoms with E-state index >= 15 is 0 Å². The van der Waals surface area contributed by atoms with Crippen molar-refractivity contribution in [1.29, 1.82) is 0 Å². The van der Waals surface area contributed by atoms with Gasteiger partial charge in [0.2, 0.25) is 0 Å². The molecule has 0 radical (unpaired) electrons. The van der Waals surface area contributed by atoms with E-state index in [1.54, 1.807) is 48.8 Å². The summed E-state index contributed by atoms with van der Waals surface area (Å²) < 4.78 is 66.6. The van der Waals surface area contributed by atoms with Crippen LogP contribution < -0.4 is 10.6 Å². The van der Waals surface area contributed by atoms with Gasteiger partial charge in [-0.25, -0.2) is 14.4 Å². The quantitative estimate of drug-likeness (QED) is 0.130. The van der Waals surface area contributed by atoms with Crippen molar-refractivity contribution in [2.75, 3.05) is 7.05 Å². The Morgan fingerprint density at radius 1 is 0.887 bits per heavy atom. The van der Waals surface area contributed by atoms with Gasteiger partial charge < -0.3 is 19.8 Å². The number of aryl methyl sites for hydroxylation is 1. The number of fused-ring (bicyclic) bond motifs is 1. The van der Waals surface area contributed by atoms with Crippen LogP contribution in [-0.4, -0.2) is 41.1 Å². The highest BCUT2D eigenvalue weighted by molar-refractivity contribution is 6.12. The molecule has 53 heavy (non-hydrogen) atoms. The molecule has 2 heterocycles. The lowest BCUT2D eigenvalue weighted by Gasteiger charge is -2.46. The second kappa shape index (κ2) is 14.6. The summed E-state index contributed by atoms with van der Waals surface area (Å²) >= 11 is 0. The summed E-state index contributed by atoms with van der Waals surface area (Å²) in [7, 11) is 1.45. The molecule has 2 amide bonds. The van der Waals surface area contributed by atoms with E-state index in [1.807, 2.05) is 30.3 Å². The number of nitrogens with one attached hydrogen (secondary N) is 2. The zero-order chi connectivity index (χ0) is 37.2. The number of benzene rings is 4. The molecule has 0 spiro atoms. The number of carbonyl (C=O) groups excluding carboxylic acids is 2. The second-order valence-electron chi connectivity index (χ2n) is 13.0. The fourth-order valence-electron chi connectivity index (χ4n) is 6.72. The minimum Gasteiger partial charge on any atom is -0.455 e. The van der Waals surface area contributed by atoms with Crippen molar-refractivity contribution in [2.45, 2.75) is 50.1 Å². The summed E-state index contributed by atoms with van der Waals surface area (Å²) in [5, 5.41) is 6.07. The van der Waals surface area contributed by atoms with E-state index in [0.717, 1.165) is 5.56 Å². The van der Waals surface area contributed by atoms with Crippen molar-refractivity contribution in [1.82, 2.24) is 20.6 Å². The lowest BCUT2D eigenvalue weighted by atomic mass is 9.73. The predicted molar refractivity (Wildman–Crippen MR) is 190 cm³/mol. The van der Waals surface area contributed by atoms with Crippen LogP contribution in [0.25, 0.3) is 33.4 Å². The van der Waals surface area contributed by atoms with Crippen molar-refractivity contribution >= 4 is 22.8 Å². The minimum atomic E-state index is -4.44. The molecule has 4 aromatic carbocycles. The van der Waals surface area contributed by atoms with Crippen molar-refractivity contribution in [3.8, 4) is 22.5 Å². The number of alkyl halides is 3. The summed E-state index contributed by atoms with van der Waals surface area (Å²) in [5.41, 5.74) is 2.31. The number of rotatable bonds is 11. The summed E-state index contributed by atoms with van der Waals surface area (Å²) in [6, 6.07) is 26.5. The normalized spacial score (nSPS) is 17.0. The van der Waals surface area contributed by atoms with Gasteiger partial charge in [0.05, 0.1) is 18.3 Å². The Hall–Kier alpha value is -5.88. The van der Waals surface area contributed by atoms with Crippen LogP contribution in [0.4, 0.5) is 17.6 Å². The molecule has 0 bridgehead atoms. The molecule has 8 nitrogen and oxygen atoms in total. The van der Waals surface area contributed by atoms with Crippen LogP contribution in [-0.2, 0) is 23.3 Å². The standard InChI is InChI=1S/C41H34F4N4O4/c1-46-38(51)35-33-21-32(28(15-16-41(43,44)45)20-34(33)53-36(35)26-11-13-30(42)14-12-26)27-9-5-10-29(19-27)37(50)49-40(39-47-17-6-18-48-39)22-31(23-40)52-24-25-7-3-2-4-8-25/h2-14,17-21,31H,15-16,22-24H2,1H3,(H,46,51)(H,49,50). The van der Waals surface area contributed by atoms with E-state index in [4.69, 9.17) is 9.15 Å². The Morgan fingerprint density at radius 3 is 2.32 bits per heavy atom. The lowest BCUT2D eigenvalue weighted by Crippen LogP contribution is -2.58. The van der Waals surface area contributed by atoms with Gasteiger partial charge in [0.25, 0.3) is 11.8 Å². The van der Waals surface area contributed by atoms with Crippen LogP contribution in [0.15, 0.2) is 114 Å². The number of ether oxygens (including phenoxy) is 1. The molecule has 270 valence electrons. The molecule has 1 aliphatic rings. The first kappa shape index (κ1) is 35.5. The molecule has 12 heteroatoms. The van der Waals surface area contributed by atoms with E-state index in [1.165, 1.54) is 37.4 Å². The highest BCUT2D eigenvalue weighted by Gasteiger charge is 2.50. The Balaban J connectivity index is 1.23. The number of nitrogens with zero attached hydrogens (tertiary/aromatic N) is 2. The van der Waals surface area contributed by atoms with Gasteiger partial charge in [0, 0.05) is 55.2 Å². The van der Waals surface area contributed by atoms with Crippen LogP contribution in [0.3, 0.4) is 0 Å². The Kier molecular flexibility index (Phi) is 9.80. The van der Waals surface area contributed by atoms with E-state index in [-0.39, 0.29) is 35.0 Å². The van der Waals surface area contributed by atoms with Crippen LogP contribution in [0, 0.1) is 5.82 Å². The fraction of sp³-hybridized carbons (Fsp3) is 0.220. The SMILES string of the molecule is CNC(=O)c1c(-c2ccc(F)cc2)oc2cc(CCC(F)(F)F)c(-c3cccc(C(=O)NC4(c5ncccn5)CC(OCc5ccccc5)C4)c3)cc12. The maximum Gasteiger partial charge on any atom is 0.389 e. The van der Waals surface area contributed by atoms with Crippen LogP contribution in [0.5, 0.6) is 0 Å². The molecule has 2 N–H and O–H groups in total. The fourth-order valence-corrected chi connectivity index (χ4v) is 6.72. The first-order chi connectivity index (χ1) is 25.5. The summed E-state index contributed by atoms with van der Waals surface area (Å²) in [6.07, 6.45) is -1.99. The van der Waals surface area contributed by atoms with E-state index in [0.29, 0.717) is 52.9 Å². The van der Waals surface area contributed by atoms with Gasteiger partial charge in [-0.1, -0.05) is 42.5 Å². The average molecular weight is 723 g/mol. The van der Waals surface area contributed by atoms with Gasteiger partial charge in [0.1, 0.15) is 22.7 Å². The number of hydrogen-bond donors (Lipinski definition) is 2. The van der Waals surface area contributed by atoms with Gasteiger partial charge in [0.15, 0.2) is 5.82 Å². The number of amides is 2. The van der Waals surface area contributed by atoms with E-state index in [9.17, 15) is 27.2 Å². The summed E-state index contributed by atoms with van der Waals surface area (Å²) in [6.45, 7) is 0.415. The van der Waals surface area contributed by atoms with E-state index < -0.39 is 35.8 Å². The summed E-state index contributed by atoms with van der Waals surface area (Å²) in [5.74, 6) is -0.812. The Bertz CT molecular complexity index is 2250. The van der Waals surface area contributed by atoms with Crippen LogP contribution in [0.1, 0.15) is 56.9 Å². The van der Waals surface area contributed by atoms with Gasteiger partial charge in [-0.05, 0) is 83.3 Å². The van der Waals surface area contributed by atoms with E-state index in [2.05, 4.69) is 20.6 Å². The second-order valence-corrected chi connectivity index (χ2v) is 13.0. The van der Waals surface area contributed by atoms with Gasteiger partial charge in [-0.2, -0.15) is 13.2 Å². The highest BCUT2D eigenvalue weighted by atomic mass is 19.4. The first-order valence-electron chi connectivity index (χ1n) is 17.0. The monoisotopic (exact) mass is 722 g/mol. The molecule has 2 aromatic heterocycles. The highest BCUT2D eigenvalue weighted by Crippen LogP contribution is 2.43. The largest absolute Gasteiger partial charge is 0.455 e. The summed E-state index contributed by atoms with van der Waals surface area (Å²) in [4.78, 5) is 36.1. The lowest BCUT2D eigenvalue weighted by molar-refractivity contribution is -0.133. The van der Waals surface area contributed by atoms with Gasteiger partial charge >= 0.3 is 6.18 Å². The maximum absolute atomic E-state index is 14.0. The Labute approximate surface area is 302 Å². The Morgan fingerprint density at radius 2 is 1.62 bits per heavy atom. The zero-order valence-electron chi connectivity index (χ0n) is 28.5. The molecule has 0 unspecified atom stereocenters. The minimum absolute atomic E-state index is 0.144. The molecular weight excluding hydrogens is 688 g/mol. The van der Waals surface area contributed by atoms with Crippen LogP contribution >= 0.6 is 0 Å². The number of halogens is 4. The van der Waals surface area contributed by atoms with Crippen molar-refractivity contribution in [3.05, 3.63) is 143 Å². The van der Waals surface area contributed by atoms with Crippen molar-refractivity contribution in [2.24, 2.45) is 0 Å². The topological polar surface area (TPSA) is 106 Å². The first-order valence-corrected chi connectivity index (χ1v) is 17.0. The molecule has 1 saturated carbocycles. The molecule has 1 aliphatic carbocycles. The number of furan rings is 1. The average Bonchev–Trinajstić information content (AvgIpc) is 3.53. The maximum atomic E-state index is 14.0. The molecular formula is C41H34F4N4O4. The molecule has 0 aliphatic heterocycles. The number of aromatic nitrogens is 2. The van der Waals surface area contributed by atoms with Crippen LogP contribution in [0.2, 0.25) is 0 Å². The molecule has 0 atom stereocenters. The third kappa shape index (κ3) is 7.68.